The topological polar surface area (TPSA) is 103 Å². The molecule has 2 N–H and O–H groups in total. The zero-order valence-electron chi connectivity index (χ0n) is 17.3. The predicted octanol–water partition coefficient (Wildman–Crippen LogP) is 1.80. The van der Waals surface area contributed by atoms with Crippen LogP contribution in [0.2, 0.25) is 0 Å². The lowest BCUT2D eigenvalue weighted by Crippen LogP contribution is -2.46. The van der Waals surface area contributed by atoms with Crippen molar-refractivity contribution in [2.45, 2.75) is 50.1 Å². The molecule has 0 bridgehead atoms. The van der Waals surface area contributed by atoms with E-state index in [4.69, 9.17) is 14.2 Å². The fourth-order valence-electron chi connectivity index (χ4n) is 3.87. The second kappa shape index (κ2) is 10.1. The molecular weight excluding hydrogens is 408 g/mol. The van der Waals surface area contributed by atoms with E-state index in [2.05, 4.69) is 10.6 Å². The molecule has 30 heavy (non-hydrogen) atoms. The molecule has 1 aromatic carbocycles. The van der Waals surface area contributed by atoms with Crippen LogP contribution in [0.15, 0.2) is 18.2 Å². The Hall–Kier alpha value is -2.42. The van der Waals surface area contributed by atoms with Crippen molar-refractivity contribution in [2.24, 2.45) is 0 Å². The average molecular weight is 437 g/mol. The van der Waals surface area contributed by atoms with E-state index in [1.165, 1.54) is 7.11 Å². The van der Waals surface area contributed by atoms with Gasteiger partial charge in [0.15, 0.2) is 11.5 Å². The molecule has 0 saturated carbocycles. The van der Waals surface area contributed by atoms with Gasteiger partial charge in [0.25, 0.3) is 0 Å². The summed E-state index contributed by atoms with van der Waals surface area (Å²) in [5.74, 6) is 1.47. The van der Waals surface area contributed by atoms with Gasteiger partial charge in [-0.15, -0.1) is 0 Å². The molecule has 164 valence electrons. The highest BCUT2D eigenvalue weighted by molar-refractivity contribution is 7.98. The number of hydrogen-bond acceptors (Lipinski definition) is 7. The third-order valence-electron chi connectivity index (χ3n) is 5.48. The van der Waals surface area contributed by atoms with E-state index in [1.54, 1.807) is 11.8 Å². The van der Waals surface area contributed by atoms with E-state index < -0.39 is 17.6 Å². The van der Waals surface area contributed by atoms with Gasteiger partial charge in [0.1, 0.15) is 6.04 Å². The first-order chi connectivity index (χ1) is 14.4. The standard InChI is InChI=1S/C21H28N2O6S/c1-27-20(26)15(7-10-30-2)22-18(24)5-8-21(9-6-19(25)23-21)12-14-3-4-16-17(11-14)29-13-28-16/h3-4,11,15H,5-10,12-13H2,1-2H3,(H,22,24)(H,23,25)/t15-,21+/m1/s1. The summed E-state index contributed by atoms with van der Waals surface area (Å²) < 4.78 is 15.6. The van der Waals surface area contributed by atoms with E-state index >= 15 is 0 Å². The van der Waals surface area contributed by atoms with Crippen LogP contribution < -0.4 is 20.1 Å². The summed E-state index contributed by atoms with van der Waals surface area (Å²) in [6.07, 6.45) is 4.82. The highest BCUT2D eigenvalue weighted by Gasteiger charge is 2.38. The number of nitrogens with one attached hydrogen (secondary N) is 2. The molecule has 8 nitrogen and oxygen atoms in total. The smallest absolute Gasteiger partial charge is 0.328 e. The molecule has 9 heteroatoms. The van der Waals surface area contributed by atoms with Gasteiger partial charge in [-0.3, -0.25) is 9.59 Å². The molecule has 0 unspecified atom stereocenters. The van der Waals surface area contributed by atoms with Gasteiger partial charge >= 0.3 is 5.97 Å². The molecule has 2 atom stereocenters. The fraction of sp³-hybridized carbons (Fsp3) is 0.571. The van der Waals surface area contributed by atoms with Crippen molar-refractivity contribution >= 4 is 29.5 Å². The third kappa shape index (κ3) is 5.59. The molecule has 2 heterocycles. The van der Waals surface area contributed by atoms with Crippen LogP contribution in [0.25, 0.3) is 0 Å². The van der Waals surface area contributed by atoms with Gasteiger partial charge in [0, 0.05) is 18.4 Å². The molecule has 2 aliphatic heterocycles. The summed E-state index contributed by atoms with van der Waals surface area (Å²) in [5.41, 5.74) is 0.511. The molecule has 0 aromatic heterocycles. The van der Waals surface area contributed by atoms with Gasteiger partial charge in [-0.1, -0.05) is 6.07 Å². The second-order valence-electron chi connectivity index (χ2n) is 7.62. The van der Waals surface area contributed by atoms with E-state index in [-0.39, 0.29) is 25.0 Å². The molecule has 0 aliphatic carbocycles. The van der Waals surface area contributed by atoms with E-state index in [9.17, 15) is 14.4 Å². The first-order valence-corrected chi connectivity index (χ1v) is 11.4. The number of benzene rings is 1. The number of amides is 2. The molecule has 0 radical (unpaired) electrons. The third-order valence-corrected chi connectivity index (χ3v) is 6.12. The van der Waals surface area contributed by atoms with E-state index in [0.29, 0.717) is 43.6 Å². The number of esters is 1. The minimum absolute atomic E-state index is 0.0106. The van der Waals surface area contributed by atoms with Crippen LogP contribution in [0.5, 0.6) is 11.5 Å². The largest absolute Gasteiger partial charge is 0.467 e. The lowest BCUT2D eigenvalue weighted by Gasteiger charge is -2.29. The summed E-state index contributed by atoms with van der Waals surface area (Å²) in [4.78, 5) is 36.5. The highest BCUT2D eigenvalue weighted by Crippen LogP contribution is 2.36. The minimum Gasteiger partial charge on any atom is -0.467 e. The lowest BCUT2D eigenvalue weighted by atomic mass is 9.84. The van der Waals surface area contributed by atoms with Crippen LogP contribution in [-0.2, 0) is 25.5 Å². The number of ether oxygens (including phenoxy) is 3. The quantitative estimate of drug-likeness (QED) is 0.539. The molecule has 2 amide bonds. The summed E-state index contributed by atoms with van der Waals surface area (Å²) >= 11 is 1.60. The number of methoxy groups -OCH3 is 1. The first-order valence-electron chi connectivity index (χ1n) is 10.0. The van der Waals surface area contributed by atoms with Crippen molar-refractivity contribution < 1.29 is 28.6 Å². The van der Waals surface area contributed by atoms with Crippen LogP contribution in [0.4, 0.5) is 0 Å². The van der Waals surface area contributed by atoms with Crippen LogP contribution in [0, 0.1) is 0 Å². The van der Waals surface area contributed by atoms with Gasteiger partial charge in [0.05, 0.1) is 7.11 Å². The van der Waals surface area contributed by atoms with Crippen molar-refractivity contribution in [3.05, 3.63) is 23.8 Å². The normalized spacial score (nSPS) is 20.5. The Morgan fingerprint density at radius 2 is 2.13 bits per heavy atom. The summed E-state index contributed by atoms with van der Waals surface area (Å²) in [5, 5.41) is 5.85. The second-order valence-corrected chi connectivity index (χ2v) is 8.60. The Balaban J connectivity index is 1.62. The van der Waals surface area contributed by atoms with E-state index in [1.807, 2.05) is 24.5 Å². The van der Waals surface area contributed by atoms with Gasteiger partial charge in [-0.05, 0) is 55.4 Å². The van der Waals surface area contributed by atoms with Crippen LogP contribution in [0.3, 0.4) is 0 Å². The maximum Gasteiger partial charge on any atom is 0.328 e. The number of fused-ring (bicyclic) bond motifs is 1. The number of rotatable bonds is 10. The van der Waals surface area contributed by atoms with Crippen molar-refractivity contribution in [1.29, 1.82) is 0 Å². The van der Waals surface area contributed by atoms with Gasteiger partial charge in [0.2, 0.25) is 18.6 Å². The monoisotopic (exact) mass is 436 g/mol. The lowest BCUT2D eigenvalue weighted by molar-refractivity contribution is -0.145. The number of carbonyl (C=O) groups excluding carboxylic acids is 3. The van der Waals surface area contributed by atoms with Crippen LogP contribution in [-0.4, -0.2) is 55.3 Å². The molecular formula is C21H28N2O6S. The van der Waals surface area contributed by atoms with Crippen molar-refractivity contribution in [3.63, 3.8) is 0 Å². The van der Waals surface area contributed by atoms with Crippen molar-refractivity contribution in [3.8, 4) is 11.5 Å². The average Bonchev–Trinajstić information content (AvgIpc) is 3.35. The Kier molecular flexibility index (Phi) is 7.47. The van der Waals surface area contributed by atoms with Crippen molar-refractivity contribution in [1.82, 2.24) is 10.6 Å². The molecule has 3 rings (SSSR count). The summed E-state index contributed by atoms with van der Waals surface area (Å²) in [7, 11) is 1.31. The molecule has 0 spiro atoms. The SMILES string of the molecule is COC(=O)[C@@H](CCSC)NC(=O)CC[C@@]1(Cc2ccc3c(c2)OCO3)CCC(=O)N1. The molecule has 1 saturated heterocycles. The Bertz CT molecular complexity index is 802. The van der Waals surface area contributed by atoms with Gasteiger partial charge in [-0.25, -0.2) is 4.79 Å². The summed E-state index contributed by atoms with van der Waals surface area (Å²) in [6.45, 7) is 0.207. The summed E-state index contributed by atoms with van der Waals surface area (Å²) in [6, 6.07) is 5.08. The zero-order chi connectivity index (χ0) is 21.6. The number of carbonyl (C=O) groups is 3. The minimum atomic E-state index is -0.655. The molecule has 1 aromatic rings. The van der Waals surface area contributed by atoms with Crippen molar-refractivity contribution in [2.75, 3.05) is 25.9 Å². The highest BCUT2D eigenvalue weighted by atomic mass is 32.2. The maximum absolute atomic E-state index is 12.5. The first kappa shape index (κ1) is 22.3. The van der Waals surface area contributed by atoms with Crippen LogP contribution >= 0.6 is 11.8 Å². The van der Waals surface area contributed by atoms with E-state index in [0.717, 1.165) is 11.3 Å². The molecule has 1 fully saturated rings. The molecule has 2 aliphatic rings. The fourth-order valence-corrected chi connectivity index (χ4v) is 4.34. The maximum atomic E-state index is 12.5. The van der Waals surface area contributed by atoms with Crippen LogP contribution in [0.1, 0.15) is 37.7 Å². The Morgan fingerprint density at radius 1 is 1.33 bits per heavy atom. The zero-order valence-corrected chi connectivity index (χ0v) is 18.1. The number of thioether (sulfide) groups is 1. The van der Waals surface area contributed by atoms with Gasteiger partial charge in [-0.2, -0.15) is 11.8 Å². The Labute approximate surface area is 180 Å². The Morgan fingerprint density at radius 3 is 2.83 bits per heavy atom. The predicted molar refractivity (Wildman–Crippen MR) is 113 cm³/mol. The number of hydrogen-bond donors (Lipinski definition) is 2. The van der Waals surface area contributed by atoms with Gasteiger partial charge < -0.3 is 24.8 Å².